The van der Waals surface area contributed by atoms with Crippen molar-refractivity contribution in [3.05, 3.63) is 0 Å². The van der Waals surface area contributed by atoms with Crippen molar-refractivity contribution >= 4 is 6.72 Å². The van der Waals surface area contributed by atoms with Gasteiger partial charge in [-0.25, -0.2) is 0 Å². The Kier molecular flexibility index (Phi) is 3.61. The Bertz CT molecular complexity index is 52.0. The largest absolute Gasteiger partial charge is 0.315 e. The van der Waals surface area contributed by atoms with Gasteiger partial charge in [0, 0.05) is 6.04 Å². The molecular weight excluding hydrogens is 88.1 g/mol. The molecule has 0 aliphatic heterocycles. The summed E-state index contributed by atoms with van der Waals surface area (Å²) in [6.45, 7) is 6.22. The topological polar surface area (TPSA) is 24.4 Å². The Morgan fingerprint density at radius 3 is 2.57 bits per heavy atom. The van der Waals surface area contributed by atoms with Gasteiger partial charge >= 0.3 is 0 Å². The number of hydrogen-bond acceptors (Lipinski definition) is 2. The second kappa shape index (κ2) is 3.81. The van der Waals surface area contributed by atoms with E-state index < -0.39 is 0 Å². The predicted octanol–water partition coefficient (Wildman–Crippen LogP) is 0.295. The van der Waals surface area contributed by atoms with Crippen molar-refractivity contribution in [1.82, 2.24) is 5.32 Å². The van der Waals surface area contributed by atoms with E-state index in [1.165, 1.54) is 0 Å². The van der Waals surface area contributed by atoms with Crippen molar-refractivity contribution in [2.75, 3.05) is 13.6 Å². The molecule has 1 unspecified atom stereocenters. The van der Waals surface area contributed by atoms with Crippen molar-refractivity contribution in [3.63, 3.8) is 0 Å². The Hall–Kier alpha value is -0.370. The Morgan fingerprint density at radius 2 is 2.43 bits per heavy atom. The van der Waals surface area contributed by atoms with E-state index in [0.717, 1.165) is 6.54 Å². The highest BCUT2D eigenvalue weighted by Gasteiger charge is 1.89. The van der Waals surface area contributed by atoms with Gasteiger partial charge in [0.2, 0.25) is 0 Å². The van der Waals surface area contributed by atoms with Crippen LogP contribution < -0.4 is 5.32 Å². The normalized spacial score (nSPS) is 13.4. The van der Waals surface area contributed by atoms with Crippen LogP contribution in [0, 0.1) is 0 Å². The SMILES string of the molecule is C=NCC(C)NC. The molecule has 0 aromatic heterocycles. The molecule has 7 heavy (non-hydrogen) atoms. The van der Waals surface area contributed by atoms with E-state index in [2.05, 4.69) is 24.0 Å². The monoisotopic (exact) mass is 100 g/mol. The zero-order valence-electron chi connectivity index (χ0n) is 4.94. The minimum Gasteiger partial charge on any atom is -0.315 e. The summed E-state index contributed by atoms with van der Waals surface area (Å²) in [4.78, 5) is 3.69. The average Bonchev–Trinajstić information content (AvgIpc) is 1.68. The fraction of sp³-hybridized carbons (Fsp3) is 0.800. The number of hydrogen-bond donors (Lipinski definition) is 1. The van der Waals surface area contributed by atoms with Crippen molar-refractivity contribution < 1.29 is 0 Å². The Morgan fingerprint density at radius 1 is 1.86 bits per heavy atom. The summed E-state index contributed by atoms with van der Waals surface area (Å²) in [6.07, 6.45) is 0. The van der Waals surface area contributed by atoms with E-state index in [1.54, 1.807) is 0 Å². The van der Waals surface area contributed by atoms with Gasteiger partial charge in [-0.15, -0.1) is 0 Å². The maximum absolute atomic E-state index is 3.69. The molecule has 0 radical (unpaired) electrons. The van der Waals surface area contributed by atoms with Gasteiger partial charge in [0.05, 0.1) is 6.54 Å². The van der Waals surface area contributed by atoms with Gasteiger partial charge in [-0.3, -0.25) is 4.99 Å². The highest BCUT2D eigenvalue weighted by molar-refractivity contribution is 5.23. The molecule has 0 aliphatic carbocycles. The smallest absolute Gasteiger partial charge is 0.0532 e. The minimum atomic E-state index is 0.470. The molecule has 0 saturated carbocycles. The molecule has 0 rings (SSSR count). The molecule has 0 fully saturated rings. The average molecular weight is 100 g/mol. The van der Waals surface area contributed by atoms with Crippen LogP contribution in [0.25, 0.3) is 0 Å². The second-order valence-corrected chi connectivity index (χ2v) is 1.60. The second-order valence-electron chi connectivity index (χ2n) is 1.60. The van der Waals surface area contributed by atoms with E-state index >= 15 is 0 Å². The first kappa shape index (κ1) is 6.63. The number of aliphatic imine (C=N–C) groups is 1. The third-order valence-corrected chi connectivity index (χ3v) is 0.896. The molecule has 0 aromatic carbocycles. The van der Waals surface area contributed by atoms with Crippen LogP contribution in [0.2, 0.25) is 0 Å². The fourth-order valence-electron chi connectivity index (χ4n) is 0.285. The van der Waals surface area contributed by atoms with Gasteiger partial charge in [-0.2, -0.15) is 0 Å². The fourth-order valence-corrected chi connectivity index (χ4v) is 0.285. The molecule has 0 spiro atoms. The van der Waals surface area contributed by atoms with Gasteiger partial charge in [-0.1, -0.05) is 0 Å². The van der Waals surface area contributed by atoms with Gasteiger partial charge in [0.25, 0.3) is 0 Å². The van der Waals surface area contributed by atoms with Crippen LogP contribution in [0.1, 0.15) is 6.92 Å². The van der Waals surface area contributed by atoms with Crippen LogP contribution >= 0.6 is 0 Å². The Balaban J connectivity index is 2.98. The zero-order valence-corrected chi connectivity index (χ0v) is 4.94. The van der Waals surface area contributed by atoms with Crippen LogP contribution in [0.5, 0.6) is 0 Å². The van der Waals surface area contributed by atoms with Crippen molar-refractivity contribution in [2.24, 2.45) is 4.99 Å². The molecular formula is C5H12N2. The third-order valence-electron chi connectivity index (χ3n) is 0.896. The molecule has 0 aromatic rings. The molecule has 0 bridgehead atoms. The van der Waals surface area contributed by atoms with Crippen LogP contribution in [0.3, 0.4) is 0 Å². The number of nitrogens with one attached hydrogen (secondary N) is 1. The van der Waals surface area contributed by atoms with Crippen LogP contribution in [0.4, 0.5) is 0 Å². The zero-order chi connectivity index (χ0) is 5.70. The first-order valence-corrected chi connectivity index (χ1v) is 2.41. The quantitative estimate of drug-likeness (QED) is 0.507. The first-order valence-electron chi connectivity index (χ1n) is 2.41. The first-order chi connectivity index (χ1) is 3.31. The summed E-state index contributed by atoms with van der Waals surface area (Å²) in [5.74, 6) is 0. The molecule has 0 amide bonds. The number of rotatable bonds is 3. The summed E-state index contributed by atoms with van der Waals surface area (Å²) < 4.78 is 0. The van der Waals surface area contributed by atoms with Gasteiger partial charge in [0.1, 0.15) is 0 Å². The molecule has 0 aliphatic rings. The lowest BCUT2D eigenvalue weighted by molar-refractivity contribution is 0.624. The van der Waals surface area contributed by atoms with Crippen LogP contribution in [-0.4, -0.2) is 26.4 Å². The number of likely N-dealkylation sites (N-methyl/N-ethyl adjacent to an activating group) is 1. The molecule has 42 valence electrons. The van der Waals surface area contributed by atoms with E-state index in [0.29, 0.717) is 6.04 Å². The predicted molar refractivity (Wildman–Crippen MR) is 32.9 cm³/mol. The number of nitrogens with zero attached hydrogens (tertiary/aromatic N) is 1. The molecule has 0 heterocycles. The molecule has 0 saturated heterocycles. The molecule has 1 atom stereocenters. The van der Waals surface area contributed by atoms with Crippen molar-refractivity contribution in [3.8, 4) is 0 Å². The minimum absolute atomic E-state index is 0.470. The van der Waals surface area contributed by atoms with Gasteiger partial charge in [-0.05, 0) is 20.7 Å². The summed E-state index contributed by atoms with van der Waals surface area (Å²) in [5.41, 5.74) is 0. The highest BCUT2D eigenvalue weighted by atomic mass is 14.9. The lowest BCUT2D eigenvalue weighted by Gasteiger charge is -2.02. The molecule has 2 nitrogen and oxygen atoms in total. The molecule has 1 N–H and O–H groups in total. The summed E-state index contributed by atoms with van der Waals surface area (Å²) in [6, 6.07) is 0.470. The third kappa shape index (κ3) is 3.46. The lowest BCUT2D eigenvalue weighted by atomic mass is 10.3. The molecule has 2 heteroatoms. The summed E-state index contributed by atoms with van der Waals surface area (Å²) in [5, 5.41) is 3.03. The summed E-state index contributed by atoms with van der Waals surface area (Å²) >= 11 is 0. The maximum Gasteiger partial charge on any atom is 0.0532 e. The Labute approximate surface area is 44.6 Å². The highest BCUT2D eigenvalue weighted by Crippen LogP contribution is 1.76. The van der Waals surface area contributed by atoms with Crippen molar-refractivity contribution in [2.45, 2.75) is 13.0 Å². The van der Waals surface area contributed by atoms with E-state index in [9.17, 15) is 0 Å². The maximum atomic E-state index is 3.69. The lowest BCUT2D eigenvalue weighted by Crippen LogP contribution is -2.23. The van der Waals surface area contributed by atoms with E-state index in [1.807, 2.05) is 7.05 Å². The van der Waals surface area contributed by atoms with Crippen molar-refractivity contribution in [1.29, 1.82) is 0 Å². The van der Waals surface area contributed by atoms with Gasteiger partial charge < -0.3 is 5.32 Å². The van der Waals surface area contributed by atoms with E-state index in [4.69, 9.17) is 0 Å². The van der Waals surface area contributed by atoms with Crippen LogP contribution in [0.15, 0.2) is 4.99 Å². The van der Waals surface area contributed by atoms with Gasteiger partial charge in [0.15, 0.2) is 0 Å². The van der Waals surface area contributed by atoms with E-state index in [-0.39, 0.29) is 0 Å². The van der Waals surface area contributed by atoms with Crippen LogP contribution in [-0.2, 0) is 0 Å². The standard InChI is InChI=1S/C5H12N2/c1-5(7-3)4-6-2/h5,7H,2,4H2,1,3H3. The summed E-state index contributed by atoms with van der Waals surface area (Å²) in [7, 11) is 1.91.